The molecule has 0 saturated heterocycles. The first-order valence-electron chi connectivity index (χ1n) is 8.42. The van der Waals surface area contributed by atoms with Gasteiger partial charge in [0, 0.05) is 15.0 Å². The number of hydrogen-bond donors (Lipinski definition) is 2. The highest BCUT2D eigenvalue weighted by atomic mass is 32.7. The van der Waals surface area contributed by atoms with E-state index in [4.69, 9.17) is 10.0 Å². The maximum Gasteiger partial charge on any atom is 0.264 e. The van der Waals surface area contributed by atoms with E-state index in [1.54, 1.807) is 34.4 Å². The highest BCUT2D eigenvalue weighted by Crippen LogP contribution is 2.24. The monoisotopic (exact) mass is 431 g/mol. The van der Waals surface area contributed by atoms with Gasteiger partial charge in [0.2, 0.25) is 9.64 Å². The number of imide groups is 1. The lowest BCUT2D eigenvalue weighted by molar-refractivity contribution is -0.157. The average Bonchev–Trinajstić information content (AvgIpc) is 2.87. The number of rotatable bonds is 9. The predicted molar refractivity (Wildman–Crippen MR) is 101 cm³/mol. The molecule has 1 heterocycles. The molecule has 0 aromatic heterocycles. The van der Waals surface area contributed by atoms with Crippen LogP contribution in [0, 0.1) is 5.92 Å². The Bertz CT molecular complexity index is 840. The quantitative estimate of drug-likeness (QED) is 0.253. The Kier molecular flexibility index (Phi) is 7.24. The summed E-state index contributed by atoms with van der Waals surface area (Å²) in [6.45, 7) is 3.32. The Labute approximate surface area is 164 Å². The summed E-state index contributed by atoms with van der Waals surface area (Å²) in [6, 6.07) is 4.78. The normalized spacial score (nSPS) is 15.3. The Hall–Kier alpha value is -1.91. The number of carbonyl (C=O) groups is 3. The first-order chi connectivity index (χ1) is 13.1. The third-order valence-electron chi connectivity index (χ3n) is 3.96. The van der Waals surface area contributed by atoms with Crippen molar-refractivity contribution in [1.82, 2.24) is 14.8 Å². The fourth-order valence-corrected chi connectivity index (χ4v) is 4.05. The maximum atomic E-state index is 12.4. The zero-order chi connectivity index (χ0) is 21.1. The minimum absolute atomic E-state index is 0.00411. The highest BCUT2D eigenvalue weighted by Gasteiger charge is 2.39. The molecule has 0 aliphatic carbocycles. The van der Waals surface area contributed by atoms with Crippen LogP contribution in [0.5, 0.6) is 0 Å². The molecular formula is C16H22N3O7PS. The summed E-state index contributed by atoms with van der Waals surface area (Å²) in [5.41, 5.74) is 1.87. The molecule has 2 atom stereocenters. The summed E-state index contributed by atoms with van der Waals surface area (Å²) in [5, 5.41) is 9.00. The van der Waals surface area contributed by atoms with Crippen molar-refractivity contribution in [2.75, 3.05) is 13.2 Å². The molecule has 3 amide bonds. The van der Waals surface area contributed by atoms with Gasteiger partial charge in [0.1, 0.15) is 6.04 Å². The second kappa shape index (κ2) is 9.06. The van der Waals surface area contributed by atoms with Gasteiger partial charge in [0.25, 0.3) is 17.7 Å². The fraction of sp³-hybridized carbons (Fsp3) is 0.438. The van der Waals surface area contributed by atoms with Crippen molar-refractivity contribution in [2.45, 2.75) is 26.3 Å². The summed E-state index contributed by atoms with van der Waals surface area (Å²) in [5.74, 6) is -2.16. The third kappa shape index (κ3) is 4.92. The molecule has 1 aromatic rings. The van der Waals surface area contributed by atoms with Crippen LogP contribution in [-0.2, 0) is 19.3 Å². The molecule has 28 heavy (non-hydrogen) atoms. The van der Waals surface area contributed by atoms with Crippen molar-refractivity contribution in [3.63, 3.8) is 0 Å². The topological polar surface area (TPSA) is 133 Å². The summed E-state index contributed by atoms with van der Waals surface area (Å²) < 4.78 is 24.6. The predicted octanol–water partition coefficient (Wildman–Crippen LogP) is 0.556. The van der Waals surface area contributed by atoms with E-state index in [1.165, 1.54) is 17.6 Å². The molecule has 0 fully saturated rings. The molecule has 10 nitrogen and oxygen atoms in total. The highest BCUT2D eigenvalue weighted by molar-refractivity contribution is 8.36. The second-order valence-electron chi connectivity index (χ2n) is 6.58. The van der Waals surface area contributed by atoms with Crippen LogP contribution in [0.1, 0.15) is 41.0 Å². The van der Waals surface area contributed by atoms with Gasteiger partial charge in [-0.3, -0.25) is 29.3 Å². The first-order valence-corrected chi connectivity index (χ1v) is 11.3. The van der Waals surface area contributed by atoms with Crippen LogP contribution in [0.2, 0.25) is 0 Å². The van der Waals surface area contributed by atoms with Crippen LogP contribution in [0.3, 0.4) is 0 Å². The van der Waals surface area contributed by atoms with E-state index in [-0.39, 0.29) is 36.6 Å². The largest absolute Gasteiger partial charge is 0.289 e. The van der Waals surface area contributed by atoms with E-state index in [1.807, 2.05) is 0 Å². The summed E-state index contributed by atoms with van der Waals surface area (Å²) >= 11 is 0. The van der Waals surface area contributed by atoms with E-state index in [0.717, 1.165) is 4.90 Å². The van der Waals surface area contributed by atoms with Gasteiger partial charge < -0.3 is 0 Å². The summed E-state index contributed by atoms with van der Waals surface area (Å²) in [7, 11) is -2.51. The standard InChI is InChI=1S/C16H22N3O7PS/c1-10(2)9-26-19(28(24,25)27)13(14(20)17-23)7-8-18-15(21)11-5-3-4-6-12(11)16(18)22/h3-6,10,13,23H,7-9,27H2,1-2H3,(H,17,20)/t13-/m1/s1. The zero-order valence-corrected chi connectivity index (χ0v) is 17.3. The molecule has 1 aromatic carbocycles. The Morgan fingerprint density at radius 3 is 2.21 bits per heavy atom. The van der Waals surface area contributed by atoms with E-state index in [9.17, 15) is 22.8 Å². The molecule has 2 N–H and O–H groups in total. The molecule has 0 bridgehead atoms. The molecule has 1 unspecified atom stereocenters. The maximum absolute atomic E-state index is 12.4. The van der Waals surface area contributed by atoms with Crippen LogP contribution >= 0.6 is 8.44 Å². The molecule has 0 radical (unpaired) electrons. The van der Waals surface area contributed by atoms with E-state index in [2.05, 4.69) is 0 Å². The van der Waals surface area contributed by atoms with Gasteiger partial charge in [0.05, 0.1) is 17.7 Å². The van der Waals surface area contributed by atoms with Gasteiger partial charge in [-0.05, 0) is 24.5 Å². The fourth-order valence-electron chi connectivity index (χ4n) is 2.66. The molecular weight excluding hydrogens is 409 g/mol. The minimum atomic E-state index is -4.07. The number of hydrogen-bond acceptors (Lipinski definition) is 7. The van der Waals surface area contributed by atoms with Crippen LogP contribution < -0.4 is 5.48 Å². The van der Waals surface area contributed by atoms with Crippen LogP contribution in [-0.4, -0.2) is 59.9 Å². The smallest absolute Gasteiger partial charge is 0.264 e. The Morgan fingerprint density at radius 1 is 1.25 bits per heavy atom. The van der Waals surface area contributed by atoms with Gasteiger partial charge in [-0.1, -0.05) is 30.4 Å². The number of benzene rings is 1. The van der Waals surface area contributed by atoms with E-state index in [0.29, 0.717) is 4.47 Å². The van der Waals surface area contributed by atoms with Crippen LogP contribution in [0.25, 0.3) is 0 Å². The number of nitrogens with one attached hydrogen (secondary N) is 1. The molecule has 0 saturated carbocycles. The van der Waals surface area contributed by atoms with Gasteiger partial charge in [-0.2, -0.15) is 0 Å². The van der Waals surface area contributed by atoms with Crippen molar-refractivity contribution in [3.8, 4) is 0 Å². The molecule has 12 heteroatoms. The van der Waals surface area contributed by atoms with Gasteiger partial charge >= 0.3 is 0 Å². The number of hydroxylamine groups is 2. The zero-order valence-electron chi connectivity index (χ0n) is 15.4. The van der Waals surface area contributed by atoms with E-state index >= 15 is 0 Å². The van der Waals surface area contributed by atoms with E-state index < -0.39 is 33.4 Å². The summed E-state index contributed by atoms with van der Waals surface area (Å²) in [6.07, 6.45) is -0.274. The van der Waals surface area contributed by atoms with Crippen molar-refractivity contribution in [3.05, 3.63) is 35.4 Å². The third-order valence-corrected chi connectivity index (χ3v) is 5.44. The lowest BCUT2D eigenvalue weighted by Crippen LogP contribution is -2.49. The Morgan fingerprint density at radius 2 is 1.79 bits per heavy atom. The van der Waals surface area contributed by atoms with Crippen molar-refractivity contribution in [1.29, 1.82) is 0 Å². The minimum Gasteiger partial charge on any atom is -0.289 e. The Balaban J connectivity index is 2.22. The molecule has 154 valence electrons. The molecule has 1 aliphatic heterocycles. The summed E-state index contributed by atoms with van der Waals surface area (Å²) in [4.78, 5) is 43.1. The molecule has 2 rings (SSSR count). The lowest BCUT2D eigenvalue weighted by Gasteiger charge is -2.28. The number of amides is 3. The van der Waals surface area contributed by atoms with Crippen LogP contribution in [0.15, 0.2) is 24.3 Å². The number of fused-ring (bicyclic) bond motifs is 1. The number of nitrogens with zero attached hydrogens (tertiary/aromatic N) is 2. The average molecular weight is 431 g/mol. The second-order valence-corrected chi connectivity index (χ2v) is 9.75. The van der Waals surface area contributed by atoms with Crippen molar-refractivity contribution < 1.29 is 32.8 Å². The SMILES string of the molecule is CC(C)CON([C@H](CCN1C(=O)c2ccccc2C1=O)C(=O)NO)S(=O)(=O)P. The van der Waals surface area contributed by atoms with Gasteiger partial charge in [-0.15, -0.1) is 0 Å². The lowest BCUT2D eigenvalue weighted by atomic mass is 10.1. The van der Waals surface area contributed by atoms with Crippen LogP contribution in [0.4, 0.5) is 0 Å². The number of carbonyl (C=O) groups excluding carboxylic acids is 3. The van der Waals surface area contributed by atoms with Gasteiger partial charge in [0.15, 0.2) is 0 Å². The van der Waals surface area contributed by atoms with Crippen molar-refractivity contribution in [2.24, 2.45) is 5.92 Å². The molecule has 1 aliphatic rings. The molecule has 0 spiro atoms. The van der Waals surface area contributed by atoms with Crippen molar-refractivity contribution >= 4 is 35.8 Å². The first kappa shape index (κ1) is 22.4. The van der Waals surface area contributed by atoms with Gasteiger partial charge in [-0.25, -0.2) is 13.9 Å².